The molecule has 0 atom stereocenters. The molecule has 2 rings (SSSR count). The van der Waals surface area contributed by atoms with Gasteiger partial charge in [0.1, 0.15) is 6.33 Å². The molecule has 3 nitrogen and oxygen atoms in total. The number of H-pyrrole nitrogens is 1. The van der Waals surface area contributed by atoms with E-state index < -0.39 is 0 Å². The normalized spacial score (nSPS) is 10.5. The van der Waals surface area contributed by atoms with Crippen LogP contribution in [0.1, 0.15) is 16.7 Å². The van der Waals surface area contributed by atoms with Gasteiger partial charge in [0.25, 0.3) is 0 Å². The minimum Gasteiger partial charge on any atom is -0.254 e. The van der Waals surface area contributed by atoms with Crippen molar-refractivity contribution in [1.29, 1.82) is 0 Å². The van der Waals surface area contributed by atoms with Gasteiger partial charge in [0.15, 0.2) is 5.16 Å². The highest BCUT2D eigenvalue weighted by Crippen LogP contribution is 2.21. The number of nitrogens with one attached hydrogen (secondary N) is 1. The van der Waals surface area contributed by atoms with Crippen LogP contribution in [0.3, 0.4) is 0 Å². The minimum absolute atomic E-state index is 0.871. The van der Waals surface area contributed by atoms with Gasteiger partial charge in [-0.3, -0.25) is 5.10 Å². The van der Waals surface area contributed by atoms with Crippen molar-refractivity contribution in [2.24, 2.45) is 0 Å². The summed E-state index contributed by atoms with van der Waals surface area (Å²) in [6, 6.07) is 6.52. The second-order valence-corrected chi connectivity index (χ2v) is 4.47. The number of thioether (sulfide) groups is 1. The van der Waals surface area contributed by atoms with E-state index in [1.165, 1.54) is 23.0 Å². The average molecular weight is 219 g/mol. The molecule has 0 fully saturated rings. The molecule has 1 aromatic heterocycles. The molecule has 1 aromatic carbocycles. The first-order valence-electron chi connectivity index (χ1n) is 4.80. The van der Waals surface area contributed by atoms with Gasteiger partial charge >= 0.3 is 0 Å². The maximum Gasteiger partial charge on any atom is 0.183 e. The van der Waals surface area contributed by atoms with E-state index in [9.17, 15) is 0 Å². The first-order chi connectivity index (χ1) is 7.25. The maximum atomic E-state index is 4.08. The van der Waals surface area contributed by atoms with Gasteiger partial charge in [0, 0.05) is 5.75 Å². The van der Waals surface area contributed by atoms with Crippen LogP contribution in [0.25, 0.3) is 0 Å². The number of aromatic nitrogens is 3. The van der Waals surface area contributed by atoms with E-state index in [-0.39, 0.29) is 0 Å². The summed E-state index contributed by atoms with van der Waals surface area (Å²) in [6.07, 6.45) is 1.53. The molecule has 2 aromatic rings. The van der Waals surface area contributed by atoms with E-state index in [1.54, 1.807) is 11.8 Å². The molecule has 0 spiro atoms. The van der Waals surface area contributed by atoms with Crippen LogP contribution < -0.4 is 0 Å². The lowest BCUT2D eigenvalue weighted by molar-refractivity contribution is 0.972. The van der Waals surface area contributed by atoms with Crippen LogP contribution in [-0.2, 0) is 5.75 Å². The van der Waals surface area contributed by atoms with Crippen molar-refractivity contribution in [2.75, 3.05) is 0 Å². The van der Waals surface area contributed by atoms with E-state index in [4.69, 9.17) is 0 Å². The summed E-state index contributed by atoms with van der Waals surface area (Å²) in [5, 5.41) is 7.53. The van der Waals surface area contributed by atoms with Gasteiger partial charge in [-0.1, -0.05) is 35.5 Å². The Labute approximate surface area is 93.3 Å². The van der Waals surface area contributed by atoms with E-state index in [0.29, 0.717) is 0 Å². The van der Waals surface area contributed by atoms with Gasteiger partial charge in [0.2, 0.25) is 0 Å². The van der Waals surface area contributed by atoms with Gasteiger partial charge in [-0.15, -0.1) is 0 Å². The summed E-state index contributed by atoms with van der Waals surface area (Å²) < 4.78 is 0. The number of benzene rings is 1. The number of hydrogen-bond donors (Lipinski definition) is 1. The Hall–Kier alpha value is -1.29. The van der Waals surface area contributed by atoms with Gasteiger partial charge < -0.3 is 0 Å². The summed E-state index contributed by atoms with van der Waals surface area (Å²) in [6.45, 7) is 4.25. The lowest BCUT2D eigenvalue weighted by Crippen LogP contribution is -1.88. The van der Waals surface area contributed by atoms with Gasteiger partial charge in [-0.25, -0.2) is 4.98 Å². The Kier molecular flexibility index (Phi) is 3.06. The molecular weight excluding hydrogens is 206 g/mol. The van der Waals surface area contributed by atoms with Gasteiger partial charge in [-0.2, -0.15) is 5.10 Å². The summed E-state index contributed by atoms with van der Waals surface area (Å²) >= 11 is 1.67. The fourth-order valence-corrected chi connectivity index (χ4v) is 2.21. The average Bonchev–Trinajstić information content (AvgIpc) is 2.72. The number of hydrogen-bond acceptors (Lipinski definition) is 3. The van der Waals surface area contributed by atoms with Crippen LogP contribution in [0, 0.1) is 13.8 Å². The largest absolute Gasteiger partial charge is 0.254 e. The van der Waals surface area contributed by atoms with Crippen molar-refractivity contribution in [1.82, 2.24) is 15.2 Å². The lowest BCUT2D eigenvalue weighted by Gasteiger charge is -2.05. The van der Waals surface area contributed by atoms with Crippen LogP contribution in [0.4, 0.5) is 0 Å². The molecule has 15 heavy (non-hydrogen) atoms. The van der Waals surface area contributed by atoms with Crippen LogP contribution in [0.15, 0.2) is 29.7 Å². The molecule has 0 radical (unpaired) electrons. The molecule has 1 heterocycles. The van der Waals surface area contributed by atoms with Crippen LogP contribution in [-0.4, -0.2) is 15.2 Å². The third-order valence-electron chi connectivity index (χ3n) is 2.26. The third kappa shape index (κ3) is 2.59. The van der Waals surface area contributed by atoms with Crippen molar-refractivity contribution in [3.05, 3.63) is 41.2 Å². The molecule has 78 valence electrons. The quantitative estimate of drug-likeness (QED) is 0.807. The molecule has 0 unspecified atom stereocenters. The van der Waals surface area contributed by atoms with Crippen LogP contribution in [0.5, 0.6) is 0 Å². The number of aryl methyl sites for hydroxylation is 2. The van der Waals surface area contributed by atoms with Gasteiger partial charge in [0.05, 0.1) is 0 Å². The van der Waals surface area contributed by atoms with Crippen molar-refractivity contribution in [2.45, 2.75) is 24.8 Å². The van der Waals surface area contributed by atoms with E-state index in [0.717, 1.165) is 10.9 Å². The Bertz CT molecular complexity index is 437. The van der Waals surface area contributed by atoms with Crippen LogP contribution >= 0.6 is 11.8 Å². The number of aromatic amines is 1. The molecule has 1 N–H and O–H groups in total. The highest BCUT2D eigenvalue weighted by Gasteiger charge is 2.01. The predicted molar refractivity (Wildman–Crippen MR) is 61.9 cm³/mol. The highest BCUT2D eigenvalue weighted by atomic mass is 32.2. The lowest BCUT2D eigenvalue weighted by atomic mass is 10.1. The van der Waals surface area contributed by atoms with E-state index >= 15 is 0 Å². The first-order valence-corrected chi connectivity index (χ1v) is 5.78. The van der Waals surface area contributed by atoms with Crippen LogP contribution in [0.2, 0.25) is 0 Å². The summed E-state index contributed by atoms with van der Waals surface area (Å²) in [7, 11) is 0. The zero-order chi connectivity index (χ0) is 10.7. The second-order valence-electron chi connectivity index (χ2n) is 3.51. The topological polar surface area (TPSA) is 41.6 Å². The zero-order valence-electron chi connectivity index (χ0n) is 8.82. The zero-order valence-corrected chi connectivity index (χ0v) is 9.64. The molecule has 0 aliphatic carbocycles. The Morgan fingerprint density at radius 2 is 2.20 bits per heavy atom. The van der Waals surface area contributed by atoms with Gasteiger partial charge in [-0.05, 0) is 25.0 Å². The number of rotatable bonds is 3. The molecule has 0 saturated heterocycles. The Morgan fingerprint density at radius 1 is 1.33 bits per heavy atom. The maximum absolute atomic E-state index is 4.08. The standard InChI is InChI=1S/C11H13N3S/c1-8-3-4-9(2)10(5-8)6-15-11-12-7-13-14-11/h3-5,7H,6H2,1-2H3,(H,12,13,14). The van der Waals surface area contributed by atoms with E-state index in [2.05, 4.69) is 47.2 Å². The number of nitrogens with zero attached hydrogens (tertiary/aromatic N) is 2. The van der Waals surface area contributed by atoms with Crippen molar-refractivity contribution in [3.8, 4) is 0 Å². The summed E-state index contributed by atoms with van der Waals surface area (Å²) in [4.78, 5) is 4.08. The van der Waals surface area contributed by atoms with Crippen molar-refractivity contribution >= 4 is 11.8 Å². The second kappa shape index (κ2) is 4.49. The molecule has 0 bridgehead atoms. The fraction of sp³-hybridized carbons (Fsp3) is 0.273. The molecule has 0 saturated carbocycles. The SMILES string of the molecule is Cc1ccc(C)c(CSc2ncn[nH]2)c1. The highest BCUT2D eigenvalue weighted by molar-refractivity contribution is 7.98. The molecule has 0 aliphatic heterocycles. The summed E-state index contributed by atoms with van der Waals surface area (Å²) in [5.74, 6) is 0.933. The Balaban J connectivity index is 2.07. The minimum atomic E-state index is 0.871. The summed E-state index contributed by atoms with van der Waals surface area (Å²) in [5.41, 5.74) is 3.98. The first kappa shape index (κ1) is 10.2. The molecular formula is C11H13N3S. The molecule has 0 aliphatic rings. The van der Waals surface area contributed by atoms with Crippen molar-refractivity contribution < 1.29 is 0 Å². The fourth-order valence-electron chi connectivity index (χ4n) is 1.37. The third-order valence-corrected chi connectivity index (χ3v) is 3.19. The van der Waals surface area contributed by atoms with Crippen molar-refractivity contribution in [3.63, 3.8) is 0 Å². The molecule has 4 heteroatoms. The predicted octanol–water partition coefficient (Wildman–Crippen LogP) is 2.71. The molecule has 0 amide bonds. The van der Waals surface area contributed by atoms with E-state index in [1.807, 2.05) is 0 Å². The smallest absolute Gasteiger partial charge is 0.183 e. The Morgan fingerprint density at radius 3 is 2.93 bits per heavy atom. The monoisotopic (exact) mass is 219 g/mol.